The Bertz CT molecular complexity index is 445. The summed E-state index contributed by atoms with van der Waals surface area (Å²) in [5.41, 5.74) is 0.996. The van der Waals surface area contributed by atoms with E-state index in [0.29, 0.717) is 12.3 Å². The third kappa shape index (κ3) is 2.65. The van der Waals surface area contributed by atoms with Gasteiger partial charge in [-0.25, -0.2) is 0 Å². The van der Waals surface area contributed by atoms with Gasteiger partial charge in [0.25, 0.3) is 0 Å². The molecule has 3 nitrogen and oxygen atoms in total. The fourth-order valence-electron chi connectivity index (χ4n) is 3.58. The van der Waals surface area contributed by atoms with Gasteiger partial charge in [-0.05, 0) is 18.4 Å². The van der Waals surface area contributed by atoms with Crippen molar-refractivity contribution in [2.24, 2.45) is 0 Å². The van der Waals surface area contributed by atoms with E-state index in [4.69, 9.17) is 4.74 Å². The number of Topliss-reactive ketones (excluding diaryl/α,β-unsaturated/α-hetero) is 1. The van der Waals surface area contributed by atoms with Crippen molar-refractivity contribution in [1.82, 2.24) is 4.90 Å². The molecule has 1 aliphatic carbocycles. The predicted molar refractivity (Wildman–Crippen MR) is 78.9 cm³/mol. The van der Waals surface area contributed by atoms with Crippen LogP contribution in [0.25, 0.3) is 0 Å². The van der Waals surface area contributed by atoms with Gasteiger partial charge in [0.2, 0.25) is 0 Å². The lowest BCUT2D eigenvalue weighted by Gasteiger charge is -2.33. The number of carbonyl (C=O) groups excluding carboxylic acids is 1. The van der Waals surface area contributed by atoms with Crippen molar-refractivity contribution in [2.75, 3.05) is 32.8 Å². The largest absolute Gasteiger partial charge is 0.379 e. The number of nitrogens with zero attached hydrogens (tertiary/aromatic N) is 1. The zero-order valence-corrected chi connectivity index (χ0v) is 12.0. The molecular weight excluding hydrogens is 250 g/mol. The van der Waals surface area contributed by atoms with Crippen molar-refractivity contribution in [3.8, 4) is 0 Å². The molecule has 0 atom stereocenters. The molecular formula is C17H23NO2. The number of ether oxygens (including phenoxy) is 1. The van der Waals surface area contributed by atoms with E-state index in [9.17, 15) is 4.79 Å². The van der Waals surface area contributed by atoms with Gasteiger partial charge in [-0.3, -0.25) is 9.69 Å². The highest BCUT2D eigenvalue weighted by Gasteiger charge is 2.42. The Kier molecular flexibility index (Phi) is 4.18. The highest BCUT2D eigenvalue weighted by molar-refractivity contribution is 5.92. The Labute approximate surface area is 120 Å². The van der Waals surface area contributed by atoms with Crippen molar-refractivity contribution >= 4 is 5.78 Å². The first-order valence-electron chi connectivity index (χ1n) is 7.70. The van der Waals surface area contributed by atoms with Crippen LogP contribution >= 0.6 is 0 Å². The molecule has 2 aliphatic rings. The second-order valence-electron chi connectivity index (χ2n) is 5.97. The third-order valence-electron chi connectivity index (χ3n) is 4.79. The second kappa shape index (κ2) is 6.06. The standard InChI is InChI=1S/C17H23NO2/c19-16(14-18-10-12-20-13-11-18)17(8-4-5-9-17)15-6-2-1-3-7-15/h1-3,6-7H,4-5,8-14H2. The Morgan fingerprint density at radius 2 is 1.75 bits per heavy atom. The molecule has 108 valence electrons. The molecule has 2 fully saturated rings. The normalized spacial score (nSPS) is 22.8. The van der Waals surface area contributed by atoms with Crippen molar-refractivity contribution in [3.05, 3.63) is 35.9 Å². The molecule has 0 bridgehead atoms. The van der Waals surface area contributed by atoms with Crippen LogP contribution in [0.2, 0.25) is 0 Å². The maximum absolute atomic E-state index is 13.0. The Morgan fingerprint density at radius 1 is 1.10 bits per heavy atom. The van der Waals surface area contributed by atoms with Crippen molar-refractivity contribution in [3.63, 3.8) is 0 Å². The number of benzene rings is 1. The maximum Gasteiger partial charge on any atom is 0.157 e. The van der Waals surface area contributed by atoms with E-state index in [1.807, 2.05) is 6.07 Å². The summed E-state index contributed by atoms with van der Waals surface area (Å²) in [4.78, 5) is 15.2. The Morgan fingerprint density at radius 3 is 2.40 bits per heavy atom. The number of hydrogen-bond donors (Lipinski definition) is 0. The monoisotopic (exact) mass is 273 g/mol. The minimum Gasteiger partial charge on any atom is -0.379 e. The van der Waals surface area contributed by atoms with Gasteiger partial charge in [0, 0.05) is 13.1 Å². The van der Waals surface area contributed by atoms with E-state index >= 15 is 0 Å². The molecule has 1 aromatic rings. The highest BCUT2D eigenvalue weighted by atomic mass is 16.5. The minimum atomic E-state index is -0.223. The van der Waals surface area contributed by atoms with Gasteiger partial charge in [-0.1, -0.05) is 43.2 Å². The van der Waals surface area contributed by atoms with Crippen molar-refractivity contribution < 1.29 is 9.53 Å². The molecule has 0 aromatic heterocycles. The summed E-state index contributed by atoms with van der Waals surface area (Å²) >= 11 is 0. The van der Waals surface area contributed by atoms with E-state index in [1.54, 1.807) is 0 Å². The van der Waals surface area contributed by atoms with E-state index in [2.05, 4.69) is 29.2 Å². The third-order valence-corrected chi connectivity index (χ3v) is 4.79. The van der Waals surface area contributed by atoms with Gasteiger partial charge in [0.1, 0.15) is 0 Å². The first-order valence-corrected chi connectivity index (χ1v) is 7.70. The summed E-state index contributed by atoms with van der Waals surface area (Å²) in [7, 11) is 0. The topological polar surface area (TPSA) is 29.5 Å². The fourth-order valence-corrected chi connectivity index (χ4v) is 3.58. The summed E-state index contributed by atoms with van der Waals surface area (Å²) in [5, 5.41) is 0. The number of carbonyl (C=O) groups is 1. The van der Waals surface area contributed by atoms with Crippen LogP contribution in [0, 0.1) is 0 Å². The summed E-state index contributed by atoms with van der Waals surface area (Å²) in [6.07, 6.45) is 4.37. The molecule has 20 heavy (non-hydrogen) atoms. The zero-order chi connectivity index (χ0) is 13.8. The number of hydrogen-bond acceptors (Lipinski definition) is 3. The van der Waals surface area contributed by atoms with Crippen LogP contribution in [0.15, 0.2) is 30.3 Å². The number of rotatable bonds is 4. The van der Waals surface area contributed by atoms with E-state index in [1.165, 1.54) is 18.4 Å². The molecule has 0 unspecified atom stereocenters. The molecule has 1 saturated carbocycles. The molecule has 0 N–H and O–H groups in total. The van der Waals surface area contributed by atoms with Gasteiger partial charge in [0.15, 0.2) is 5.78 Å². The molecule has 1 aliphatic heterocycles. The molecule has 0 amide bonds. The molecule has 1 aromatic carbocycles. The van der Waals surface area contributed by atoms with Crippen LogP contribution in [0.3, 0.4) is 0 Å². The van der Waals surface area contributed by atoms with Crippen LogP contribution in [-0.4, -0.2) is 43.5 Å². The molecule has 0 radical (unpaired) electrons. The van der Waals surface area contributed by atoms with Crippen LogP contribution in [0.1, 0.15) is 31.2 Å². The van der Waals surface area contributed by atoms with Gasteiger partial charge in [-0.2, -0.15) is 0 Å². The molecule has 3 heteroatoms. The first kappa shape index (κ1) is 13.8. The fraction of sp³-hybridized carbons (Fsp3) is 0.588. The van der Waals surface area contributed by atoms with Crippen molar-refractivity contribution in [1.29, 1.82) is 0 Å². The minimum absolute atomic E-state index is 0.223. The molecule has 1 saturated heterocycles. The quantitative estimate of drug-likeness (QED) is 0.843. The van der Waals surface area contributed by atoms with E-state index in [-0.39, 0.29) is 5.41 Å². The predicted octanol–water partition coefficient (Wildman–Crippen LogP) is 2.40. The van der Waals surface area contributed by atoms with Gasteiger partial charge >= 0.3 is 0 Å². The number of ketones is 1. The zero-order valence-electron chi connectivity index (χ0n) is 12.0. The summed E-state index contributed by atoms with van der Waals surface area (Å²) in [6, 6.07) is 10.4. The van der Waals surface area contributed by atoms with Crippen LogP contribution < -0.4 is 0 Å². The van der Waals surface area contributed by atoms with E-state index < -0.39 is 0 Å². The smallest absolute Gasteiger partial charge is 0.157 e. The summed E-state index contributed by atoms with van der Waals surface area (Å²) < 4.78 is 5.36. The van der Waals surface area contributed by atoms with Gasteiger partial charge in [0.05, 0.1) is 25.2 Å². The molecule has 3 rings (SSSR count). The SMILES string of the molecule is O=C(CN1CCOCC1)C1(c2ccccc2)CCCC1. The Hall–Kier alpha value is -1.19. The second-order valence-corrected chi connectivity index (χ2v) is 5.97. The lowest BCUT2D eigenvalue weighted by Crippen LogP contribution is -2.45. The van der Waals surface area contributed by atoms with Crippen LogP contribution in [0.4, 0.5) is 0 Å². The molecule has 0 spiro atoms. The summed E-state index contributed by atoms with van der Waals surface area (Å²) in [6.45, 7) is 3.86. The van der Waals surface area contributed by atoms with Gasteiger partial charge in [-0.15, -0.1) is 0 Å². The summed E-state index contributed by atoms with van der Waals surface area (Å²) in [5.74, 6) is 0.406. The highest BCUT2D eigenvalue weighted by Crippen LogP contribution is 2.42. The van der Waals surface area contributed by atoms with Crippen LogP contribution in [0.5, 0.6) is 0 Å². The lowest BCUT2D eigenvalue weighted by atomic mass is 9.75. The average molecular weight is 273 g/mol. The lowest BCUT2D eigenvalue weighted by molar-refractivity contribution is -0.126. The van der Waals surface area contributed by atoms with Gasteiger partial charge < -0.3 is 4.74 Å². The maximum atomic E-state index is 13.0. The van der Waals surface area contributed by atoms with Crippen molar-refractivity contribution in [2.45, 2.75) is 31.1 Å². The first-order chi connectivity index (χ1) is 9.81. The number of morpholine rings is 1. The molecule has 1 heterocycles. The van der Waals surface area contributed by atoms with E-state index in [0.717, 1.165) is 39.1 Å². The average Bonchev–Trinajstić information content (AvgIpc) is 3.00. The Balaban J connectivity index is 1.78. The van der Waals surface area contributed by atoms with Crippen LogP contribution in [-0.2, 0) is 14.9 Å².